The van der Waals surface area contributed by atoms with Gasteiger partial charge < -0.3 is 9.88 Å². The molecular weight excluding hydrogens is 256 g/mol. The number of nitrogens with zero attached hydrogens (tertiary/aromatic N) is 3. The van der Waals surface area contributed by atoms with E-state index in [1.165, 1.54) is 0 Å². The number of nitrogens with one attached hydrogen (secondary N) is 1. The molecule has 6 heteroatoms. The molecule has 1 aromatic heterocycles. The Labute approximate surface area is 117 Å². The molecule has 0 saturated heterocycles. The van der Waals surface area contributed by atoms with Crippen molar-refractivity contribution in [2.45, 2.75) is 26.8 Å². The summed E-state index contributed by atoms with van der Waals surface area (Å²) in [6.45, 7) is 5.29. The van der Waals surface area contributed by atoms with Gasteiger partial charge in [0.1, 0.15) is 11.5 Å². The minimum atomic E-state index is -0.365. The number of nitro benzene ring substituents is 1. The van der Waals surface area contributed by atoms with Gasteiger partial charge in [-0.1, -0.05) is 13.0 Å². The lowest BCUT2D eigenvalue weighted by atomic mass is 10.1. The first-order valence-electron chi connectivity index (χ1n) is 6.66. The molecule has 0 aliphatic carbocycles. The fourth-order valence-corrected chi connectivity index (χ4v) is 2.17. The topological polar surface area (TPSA) is 73.0 Å². The number of nitro groups is 1. The van der Waals surface area contributed by atoms with Crippen LogP contribution in [0.4, 0.5) is 11.4 Å². The molecule has 1 heterocycles. The van der Waals surface area contributed by atoms with Crippen LogP contribution in [0, 0.1) is 10.1 Å². The van der Waals surface area contributed by atoms with Gasteiger partial charge in [0.05, 0.1) is 4.92 Å². The van der Waals surface area contributed by atoms with Gasteiger partial charge in [-0.15, -0.1) is 0 Å². The minimum Gasteiger partial charge on any atom is -0.380 e. The van der Waals surface area contributed by atoms with Gasteiger partial charge in [0.15, 0.2) is 0 Å². The summed E-state index contributed by atoms with van der Waals surface area (Å²) in [5.74, 6) is 1.01. The SMILES string of the molecule is CCNc1cc(Cn2ccnc2CC)ccc1[N+](=O)[O-]. The lowest BCUT2D eigenvalue weighted by Crippen LogP contribution is -2.06. The Balaban J connectivity index is 2.29. The van der Waals surface area contributed by atoms with E-state index < -0.39 is 0 Å². The normalized spacial score (nSPS) is 10.5. The van der Waals surface area contributed by atoms with Gasteiger partial charge in [0, 0.05) is 38.0 Å². The average Bonchev–Trinajstić information content (AvgIpc) is 2.86. The van der Waals surface area contributed by atoms with Crippen molar-refractivity contribution in [2.24, 2.45) is 0 Å². The second kappa shape index (κ2) is 6.18. The van der Waals surface area contributed by atoms with Gasteiger partial charge in [-0.2, -0.15) is 0 Å². The molecule has 0 amide bonds. The predicted molar refractivity (Wildman–Crippen MR) is 78.0 cm³/mol. The van der Waals surface area contributed by atoms with Crippen LogP contribution in [0.3, 0.4) is 0 Å². The second-order valence-electron chi connectivity index (χ2n) is 4.46. The summed E-state index contributed by atoms with van der Waals surface area (Å²) in [4.78, 5) is 14.9. The highest BCUT2D eigenvalue weighted by molar-refractivity contribution is 5.62. The largest absolute Gasteiger partial charge is 0.380 e. The first kappa shape index (κ1) is 14.0. The summed E-state index contributed by atoms with van der Waals surface area (Å²) in [6.07, 6.45) is 4.56. The number of aryl methyl sites for hydroxylation is 1. The van der Waals surface area contributed by atoms with E-state index in [-0.39, 0.29) is 10.6 Å². The summed E-state index contributed by atoms with van der Waals surface area (Å²) in [6, 6.07) is 5.18. The van der Waals surface area contributed by atoms with Crippen LogP contribution in [-0.4, -0.2) is 21.0 Å². The maximum Gasteiger partial charge on any atom is 0.292 e. The lowest BCUT2D eigenvalue weighted by molar-refractivity contribution is -0.384. The number of hydrogen-bond donors (Lipinski definition) is 1. The maximum atomic E-state index is 11.0. The number of imidazole rings is 1. The zero-order valence-electron chi connectivity index (χ0n) is 11.7. The number of rotatable bonds is 6. The Kier molecular flexibility index (Phi) is 4.34. The van der Waals surface area contributed by atoms with Crippen LogP contribution in [0.5, 0.6) is 0 Å². The molecule has 106 valence electrons. The Morgan fingerprint density at radius 2 is 2.20 bits per heavy atom. The minimum absolute atomic E-state index is 0.108. The van der Waals surface area contributed by atoms with Crippen LogP contribution in [-0.2, 0) is 13.0 Å². The van der Waals surface area contributed by atoms with Crippen molar-refractivity contribution in [3.63, 3.8) is 0 Å². The van der Waals surface area contributed by atoms with Crippen LogP contribution in [0.25, 0.3) is 0 Å². The van der Waals surface area contributed by atoms with Crippen LogP contribution in [0.15, 0.2) is 30.6 Å². The highest BCUT2D eigenvalue weighted by Gasteiger charge is 2.13. The molecule has 0 aliphatic rings. The van der Waals surface area contributed by atoms with Crippen molar-refractivity contribution < 1.29 is 4.92 Å². The van der Waals surface area contributed by atoms with E-state index in [0.717, 1.165) is 17.8 Å². The van der Waals surface area contributed by atoms with E-state index in [1.54, 1.807) is 18.3 Å². The van der Waals surface area contributed by atoms with Gasteiger partial charge in [-0.05, 0) is 18.6 Å². The van der Waals surface area contributed by atoms with Crippen molar-refractivity contribution in [2.75, 3.05) is 11.9 Å². The quantitative estimate of drug-likeness (QED) is 0.649. The number of anilines is 1. The van der Waals surface area contributed by atoms with Crippen molar-refractivity contribution in [3.05, 3.63) is 52.1 Å². The molecule has 0 atom stereocenters. The first-order chi connectivity index (χ1) is 9.65. The van der Waals surface area contributed by atoms with Crippen LogP contribution >= 0.6 is 0 Å². The molecule has 0 saturated carbocycles. The first-order valence-corrected chi connectivity index (χ1v) is 6.66. The molecule has 0 unspecified atom stereocenters. The van der Waals surface area contributed by atoms with Gasteiger partial charge >= 0.3 is 0 Å². The number of hydrogen-bond acceptors (Lipinski definition) is 4. The molecule has 1 aromatic carbocycles. The third kappa shape index (κ3) is 2.96. The van der Waals surface area contributed by atoms with Crippen LogP contribution < -0.4 is 5.32 Å². The fourth-order valence-electron chi connectivity index (χ4n) is 2.17. The summed E-state index contributed by atoms with van der Waals surface area (Å²) >= 11 is 0. The average molecular weight is 274 g/mol. The number of aromatic nitrogens is 2. The Morgan fingerprint density at radius 1 is 1.40 bits per heavy atom. The van der Waals surface area contributed by atoms with E-state index in [0.29, 0.717) is 18.8 Å². The summed E-state index contributed by atoms with van der Waals surface area (Å²) in [7, 11) is 0. The van der Waals surface area contributed by atoms with Gasteiger partial charge in [-0.25, -0.2) is 4.98 Å². The maximum absolute atomic E-state index is 11.0. The van der Waals surface area contributed by atoms with E-state index in [1.807, 2.05) is 19.2 Å². The molecular formula is C14H18N4O2. The highest BCUT2D eigenvalue weighted by Crippen LogP contribution is 2.25. The van der Waals surface area contributed by atoms with E-state index >= 15 is 0 Å². The Bertz CT molecular complexity index is 607. The van der Waals surface area contributed by atoms with Gasteiger partial charge in [0.25, 0.3) is 5.69 Å². The van der Waals surface area contributed by atoms with E-state index in [2.05, 4.69) is 21.8 Å². The molecule has 20 heavy (non-hydrogen) atoms. The third-order valence-electron chi connectivity index (χ3n) is 3.10. The Hall–Kier alpha value is -2.37. The highest BCUT2D eigenvalue weighted by atomic mass is 16.6. The molecule has 6 nitrogen and oxygen atoms in total. The predicted octanol–water partition coefficient (Wildman–Crippen LogP) is 2.83. The molecule has 0 fully saturated rings. The summed E-state index contributed by atoms with van der Waals surface area (Å²) in [5.41, 5.74) is 1.68. The molecule has 1 N–H and O–H groups in total. The molecule has 0 aliphatic heterocycles. The zero-order chi connectivity index (χ0) is 14.5. The van der Waals surface area contributed by atoms with Crippen molar-refractivity contribution in [1.29, 1.82) is 0 Å². The molecule has 2 aromatic rings. The number of benzene rings is 1. The molecule has 0 bridgehead atoms. The second-order valence-corrected chi connectivity index (χ2v) is 4.46. The monoisotopic (exact) mass is 274 g/mol. The van der Waals surface area contributed by atoms with Crippen molar-refractivity contribution in [1.82, 2.24) is 9.55 Å². The van der Waals surface area contributed by atoms with E-state index in [4.69, 9.17) is 0 Å². The summed E-state index contributed by atoms with van der Waals surface area (Å²) in [5, 5.41) is 14.0. The summed E-state index contributed by atoms with van der Waals surface area (Å²) < 4.78 is 2.05. The third-order valence-corrected chi connectivity index (χ3v) is 3.10. The van der Waals surface area contributed by atoms with Gasteiger partial charge in [0.2, 0.25) is 0 Å². The standard InChI is InChI=1S/C14H18N4O2/c1-3-14-16-7-8-17(14)10-11-5-6-13(18(19)20)12(9-11)15-4-2/h5-9,15H,3-4,10H2,1-2H3. The zero-order valence-corrected chi connectivity index (χ0v) is 11.7. The van der Waals surface area contributed by atoms with Gasteiger partial charge in [-0.3, -0.25) is 10.1 Å². The molecule has 0 radical (unpaired) electrons. The smallest absolute Gasteiger partial charge is 0.292 e. The van der Waals surface area contributed by atoms with Crippen LogP contribution in [0.2, 0.25) is 0 Å². The fraction of sp³-hybridized carbons (Fsp3) is 0.357. The lowest BCUT2D eigenvalue weighted by Gasteiger charge is -2.10. The molecule has 0 spiro atoms. The van der Waals surface area contributed by atoms with Crippen molar-refractivity contribution in [3.8, 4) is 0 Å². The molecule has 2 rings (SSSR count). The van der Waals surface area contributed by atoms with Crippen molar-refractivity contribution >= 4 is 11.4 Å². The van der Waals surface area contributed by atoms with E-state index in [9.17, 15) is 10.1 Å². The van der Waals surface area contributed by atoms with Crippen LogP contribution in [0.1, 0.15) is 25.2 Å². The Morgan fingerprint density at radius 3 is 2.85 bits per heavy atom.